The van der Waals surface area contributed by atoms with Gasteiger partial charge in [0.1, 0.15) is 4.84 Å². The summed E-state index contributed by atoms with van der Waals surface area (Å²) in [6.07, 6.45) is 0. The van der Waals surface area contributed by atoms with Gasteiger partial charge in [0.05, 0.1) is 0 Å². The van der Waals surface area contributed by atoms with Gasteiger partial charge in [-0.3, -0.25) is 0 Å². The van der Waals surface area contributed by atoms with E-state index in [1.165, 1.54) is 11.1 Å². The zero-order valence-corrected chi connectivity index (χ0v) is 12.9. The third-order valence-electron chi connectivity index (χ3n) is 3.50. The van der Waals surface area contributed by atoms with Crippen molar-refractivity contribution in [2.75, 3.05) is 0 Å². The standard InChI is InChI=1S/C19H14Cl2/c20-19(21)18-9-5-4-8-17(18)16-12-10-15(11-13-16)14-6-2-1-3-7-14/h1-13,19H. The number of hydrogen-bond acceptors (Lipinski definition) is 0. The summed E-state index contributed by atoms with van der Waals surface area (Å²) in [6.45, 7) is 0. The van der Waals surface area contributed by atoms with Gasteiger partial charge in [-0.05, 0) is 27.8 Å². The quantitative estimate of drug-likeness (QED) is 0.484. The van der Waals surface area contributed by atoms with Crippen LogP contribution in [0.25, 0.3) is 22.3 Å². The molecule has 0 amide bonds. The molecule has 0 fully saturated rings. The second kappa shape index (κ2) is 6.34. The number of alkyl halides is 2. The summed E-state index contributed by atoms with van der Waals surface area (Å²) in [7, 11) is 0. The number of hydrogen-bond donors (Lipinski definition) is 0. The van der Waals surface area contributed by atoms with Gasteiger partial charge in [0.2, 0.25) is 0 Å². The number of rotatable bonds is 3. The molecule has 21 heavy (non-hydrogen) atoms. The van der Waals surface area contributed by atoms with Crippen LogP contribution in [0, 0.1) is 0 Å². The Kier molecular flexibility index (Phi) is 4.28. The molecule has 0 aliphatic rings. The van der Waals surface area contributed by atoms with E-state index >= 15 is 0 Å². The summed E-state index contributed by atoms with van der Waals surface area (Å²) in [5.41, 5.74) is 5.55. The van der Waals surface area contributed by atoms with E-state index in [4.69, 9.17) is 23.2 Å². The lowest BCUT2D eigenvalue weighted by molar-refractivity contribution is 1.35. The van der Waals surface area contributed by atoms with Crippen molar-refractivity contribution >= 4 is 23.2 Å². The highest BCUT2D eigenvalue weighted by atomic mass is 35.5. The van der Waals surface area contributed by atoms with Gasteiger partial charge in [0.15, 0.2) is 0 Å². The minimum absolute atomic E-state index is 0.519. The smallest absolute Gasteiger partial charge is 0.100 e. The van der Waals surface area contributed by atoms with Gasteiger partial charge in [0, 0.05) is 0 Å². The van der Waals surface area contributed by atoms with Crippen molar-refractivity contribution in [3.63, 3.8) is 0 Å². The summed E-state index contributed by atoms with van der Waals surface area (Å²) >= 11 is 12.1. The van der Waals surface area contributed by atoms with E-state index in [2.05, 4.69) is 36.4 Å². The van der Waals surface area contributed by atoms with Gasteiger partial charge in [0.25, 0.3) is 0 Å². The Balaban J connectivity index is 1.99. The van der Waals surface area contributed by atoms with Crippen LogP contribution in [0.1, 0.15) is 10.4 Å². The Morgan fingerprint density at radius 2 is 1.05 bits per heavy atom. The fraction of sp³-hybridized carbons (Fsp3) is 0.0526. The molecule has 3 aromatic carbocycles. The van der Waals surface area contributed by atoms with Crippen molar-refractivity contribution < 1.29 is 0 Å². The molecular formula is C19H14Cl2. The normalized spacial score (nSPS) is 10.8. The minimum Gasteiger partial charge on any atom is -0.100 e. The SMILES string of the molecule is ClC(Cl)c1ccccc1-c1ccc(-c2ccccc2)cc1. The van der Waals surface area contributed by atoms with Crippen LogP contribution in [0.2, 0.25) is 0 Å². The maximum Gasteiger partial charge on any atom is 0.133 e. The highest BCUT2D eigenvalue weighted by Crippen LogP contribution is 2.34. The van der Waals surface area contributed by atoms with Crippen LogP contribution in [0.15, 0.2) is 78.9 Å². The largest absolute Gasteiger partial charge is 0.133 e. The third-order valence-corrected chi connectivity index (χ3v) is 3.97. The Morgan fingerprint density at radius 3 is 1.71 bits per heavy atom. The lowest BCUT2D eigenvalue weighted by Gasteiger charge is -2.11. The second-order valence-corrected chi connectivity index (χ2v) is 5.93. The molecule has 0 unspecified atom stereocenters. The van der Waals surface area contributed by atoms with Crippen LogP contribution >= 0.6 is 23.2 Å². The van der Waals surface area contributed by atoms with Crippen molar-refractivity contribution in [1.29, 1.82) is 0 Å². The number of halogens is 2. The minimum atomic E-state index is -0.519. The molecule has 0 spiro atoms. The molecule has 0 atom stereocenters. The van der Waals surface area contributed by atoms with Gasteiger partial charge in [-0.25, -0.2) is 0 Å². The Bertz CT molecular complexity index is 716. The molecule has 0 saturated heterocycles. The second-order valence-electron chi connectivity index (χ2n) is 4.83. The zero-order chi connectivity index (χ0) is 14.7. The molecular weight excluding hydrogens is 299 g/mol. The molecule has 3 rings (SSSR count). The van der Waals surface area contributed by atoms with E-state index in [0.29, 0.717) is 0 Å². The van der Waals surface area contributed by atoms with Gasteiger partial charge >= 0.3 is 0 Å². The topological polar surface area (TPSA) is 0 Å². The average molecular weight is 313 g/mol. The highest BCUT2D eigenvalue weighted by molar-refractivity contribution is 6.44. The first-order valence-corrected chi connectivity index (χ1v) is 7.66. The third kappa shape index (κ3) is 3.12. The van der Waals surface area contributed by atoms with E-state index in [-0.39, 0.29) is 0 Å². The number of benzene rings is 3. The molecule has 0 aromatic heterocycles. The molecule has 0 saturated carbocycles. The fourth-order valence-electron chi connectivity index (χ4n) is 2.42. The van der Waals surface area contributed by atoms with E-state index in [1.807, 2.05) is 42.5 Å². The molecule has 0 radical (unpaired) electrons. The molecule has 3 aromatic rings. The lowest BCUT2D eigenvalue weighted by Crippen LogP contribution is -1.88. The maximum absolute atomic E-state index is 6.05. The Morgan fingerprint density at radius 1 is 0.524 bits per heavy atom. The molecule has 0 N–H and O–H groups in total. The summed E-state index contributed by atoms with van der Waals surface area (Å²) in [5.74, 6) is 0. The molecule has 0 bridgehead atoms. The monoisotopic (exact) mass is 312 g/mol. The Hall–Kier alpha value is -1.76. The van der Waals surface area contributed by atoms with Gasteiger partial charge < -0.3 is 0 Å². The van der Waals surface area contributed by atoms with Crippen LogP contribution in [-0.2, 0) is 0 Å². The first-order valence-electron chi connectivity index (χ1n) is 6.78. The van der Waals surface area contributed by atoms with Gasteiger partial charge in [-0.15, -0.1) is 23.2 Å². The van der Waals surface area contributed by atoms with E-state index in [1.54, 1.807) is 0 Å². The molecule has 2 heteroatoms. The van der Waals surface area contributed by atoms with Crippen LogP contribution in [-0.4, -0.2) is 0 Å². The summed E-state index contributed by atoms with van der Waals surface area (Å²) in [4.78, 5) is -0.519. The van der Waals surface area contributed by atoms with Crippen molar-refractivity contribution in [2.45, 2.75) is 4.84 Å². The fourth-order valence-corrected chi connectivity index (χ4v) is 2.80. The zero-order valence-electron chi connectivity index (χ0n) is 11.3. The van der Waals surface area contributed by atoms with Crippen molar-refractivity contribution in [3.05, 3.63) is 84.4 Å². The molecule has 0 aliphatic carbocycles. The average Bonchev–Trinajstić information content (AvgIpc) is 2.56. The van der Waals surface area contributed by atoms with Crippen LogP contribution < -0.4 is 0 Å². The highest BCUT2D eigenvalue weighted by Gasteiger charge is 2.10. The summed E-state index contributed by atoms with van der Waals surface area (Å²) < 4.78 is 0. The van der Waals surface area contributed by atoms with Crippen LogP contribution in [0.5, 0.6) is 0 Å². The van der Waals surface area contributed by atoms with Crippen molar-refractivity contribution in [2.24, 2.45) is 0 Å². The van der Waals surface area contributed by atoms with E-state index in [9.17, 15) is 0 Å². The summed E-state index contributed by atoms with van der Waals surface area (Å²) in [5, 5.41) is 0. The maximum atomic E-state index is 6.05. The van der Waals surface area contributed by atoms with E-state index < -0.39 is 4.84 Å². The predicted octanol–water partition coefficient (Wildman–Crippen LogP) is 6.50. The van der Waals surface area contributed by atoms with E-state index in [0.717, 1.165) is 16.7 Å². The lowest BCUT2D eigenvalue weighted by atomic mass is 9.97. The first-order chi connectivity index (χ1) is 10.3. The molecule has 104 valence electrons. The molecule has 0 heterocycles. The van der Waals surface area contributed by atoms with Crippen molar-refractivity contribution in [3.8, 4) is 22.3 Å². The van der Waals surface area contributed by atoms with Crippen LogP contribution in [0.4, 0.5) is 0 Å². The molecule has 0 nitrogen and oxygen atoms in total. The first kappa shape index (κ1) is 14.2. The van der Waals surface area contributed by atoms with Crippen LogP contribution in [0.3, 0.4) is 0 Å². The molecule has 0 aliphatic heterocycles. The summed E-state index contributed by atoms with van der Waals surface area (Å²) in [6, 6.07) is 26.8. The van der Waals surface area contributed by atoms with Gasteiger partial charge in [-0.2, -0.15) is 0 Å². The predicted molar refractivity (Wildman–Crippen MR) is 91.8 cm³/mol. The van der Waals surface area contributed by atoms with Crippen molar-refractivity contribution in [1.82, 2.24) is 0 Å². The van der Waals surface area contributed by atoms with Gasteiger partial charge in [-0.1, -0.05) is 78.9 Å². The Labute approximate surface area is 135 Å².